The Kier molecular flexibility index (Phi) is 2.70. The Hall–Kier alpha value is -1.62. The molecule has 96 valence electrons. The molecule has 1 aliphatic carbocycles. The molecule has 18 heavy (non-hydrogen) atoms. The number of nitrogens with one attached hydrogen (secondary N) is 1. The standard InChI is InChI=1S/C13H17N3O2/c1-8-10(5-6-17)13(18)16-12(14-8)7-11(15-16)9-3-2-4-9/h7,9,15,17H,2-6H2,1H3. The highest BCUT2D eigenvalue weighted by Crippen LogP contribution is 2.35. The summed E-state index contributed by atoms with van der Waals surface area (Å²) in [5.41, 5.74) is 3.01. The van der Waals surface area contributed by atoms with Crippen molar-refractivity contribution in [3.63, 3.8) is 0 Å². The predicted octanol–water partition coefficient (Wildman–Crippen LogP) is 1.13. The van der Waals surface area contributed by atoms with Crippen LogP contribution in [0.4, 0.5) is 0 Å². The SMILES string of the molecule is Cc1nc2cc(C3CCC3)[nH]n2c(=O)c1CCO. The molecule has 0 aromatic carbocycles. The molecule has 0 spiro atoms. The Morgan fingerprint density at radius 3 is 2.94 bits per heavy atom. The van der Waals surface area contributed by atoms with Crippen molar-refractivity contribution >= 4 is 5.65 Å². The first kappa shape index (κ1) is 11.5. The maximum absolute atomic E-state index is 12.3. The number of aliphatic hydroxyl groups is 1. The number of aryl methyl sites for hydroxylation is 1. The molecule has 2 heterocycles. The van der Waals surface area contributed by atoms with Crippen molar-refractivity contribution in [1.29, 1.82) is 0 Å². The zero-order valence-electron chi connectivity index (χ0n) is 10.4. The number of hydrogen-bond donors (Lipinski definition) is 2. The highest BCUT2D eigenvalue weighted by Gasteiger charge is 2.22. The number of H-pyrrole nitrogens is 1. The van der Waals surface area contributed by atoms with Crippen LogP contribution in [0, 0.1) is 6.92 Å². The molecule has 0 atom stereocenters. The van der Waals surface area contributed by atoms with Crippen molar-refractivity contribution in [2.75, 3.05) is 6.61 Å². The summed E-state index contributed by atoms with van der Waals surface area (Å²) in [7, 11) is 0. The van der Waals surface area contributed by atoms with Crippen LogP contribution in [-0.4, -0.2) is 26.3 Å². The highest BCUT2D eigenvalue weighted by atomic mass is 16.3. The van der Waals surface area contributed by atoms with E-state index in [1.807, 2.05) is 13.0 Å². The van der Waals surface area contributed by atoms with Crippen LogP contribution in [0.3, 0.4) is 0 Å². The van der Waals surface area contributed by atoms with Crippen LogP contribution in [0.2, 0.25) is 0 Å². The summed E-state index contributed by atoms with van der Waals surface area (Å²) < 4.78 is 1.51. The van der Waals surface area contributed by atoms with Crippen molar-refractivity contribution in [2.45, 2.75) is 38.5 Å². The van der Waals surface area contributed by atoms with Crippen molar-refractivity contribution in [1.82, 2.24) is 14.6 Å². The number of nitrogens with zero attached hydrogens (tertiary/aromatic N) is 2. The summed E-state index contributed by atoms with van der Waals surface area (Å²) in [6, 6.07) is 1.97. The molecule has 0 amide bonds. The van der Waals surface area contributed by atoms with E-state index in [1.165, 1.54) is 23.8 Å². The van der Waals surface area contributed by atoms with Gasteiger partial charge in [-0.2, -0.15) is 0 Å². The second kappa shape index (κ2) is 4.24. The molecule has 0 radical (unpaired) electrons. The minimum atomic E-state index is -0.0860. The molecular weight excluding hydrogens is 230 g/mol. The van der Waals surface area contributed by atoms with Gasteiger partial charge < -0.3 is 5.11 Å². The fourth-order valence-electron chi connectivity index (χ4n) is 2.52. The summed E-state index contributed by atoms with van der Waals surface area (Å²) in [5.74, 6) is 0.549. The first-order valence-electron chi connectivity index (χ1n) is 6.42. The number of hydrogen-bond acceptors (Lipinski definition) is 3. The van der Waals surface area contributed by atoms with Crippen molar-refractivity contribution in [3.05, 3.63) is 33.4 Å². The maximum atomic E-state index is 12.3. The number of fused-ring (bicyclic) bond motifs is 1. The Labute approximate surface area is 104 Å². The van der Waals surface area contributed by atoms with Crippen LogP contribution in [0.15, 0.2) is 10.9 Å². The van der Waals surface area contributed by atoms with E-state index in [2.05, 4.69) is 10.1 Å². The summed E-state index contributed by atoms with van der Waals surface area (Å²) in [4.78, 5) is 16.7. The minimum absolute atomic E-state index is 0.0278. The van der Waals surface area contributed by atoms with Crippen LogP contribution in [0.25, 0.3) is 5.65 Å². The maximum Gasteiger partial charge on any atom is 0.276 e. The zero-order valence-corrected chi connectivity index (χ0v) is 10.4. The first-order chi connectivity index (χ1) is 8.70. The van der Waals surface area contributed by atoms with E-state index in [9.17, 15) is 4.79 Å². The molecule has 1 fully saturated rings. The predicted molar refractivity (Wildman–Crippen MR) is 67.9 cm³/mol. The molecule has 1 saturated carbocycles. The third-order valence-corrected chi connectivity index (χ3v) is 3.84. The molecular formula is C13H17N3O2. The second-order valence-electron chi connectivity index (χ2n) is 4.99. The van der Waals surface area contributed by atoms with E-state index in [-0.39, 0.29) is 12.2 Å². The third-order valence-electron chi connectivity index (χ3n) is 3.84. The lowest BCUT2D eigenvalue weighted by atomic mass is 9.83. The van der Waals surface area contributed by atoms with Crippen LogP contribution in [0.5, 0.6) is 0 Å². The average molecular weight is 247 g/mol. The van der Waals surface area contributed by atoms with Crippen LogP contribution >= 0.6 is 0 Å². The number of rotatable bonds is 3. The Balaban J connectivity index is 2.15. The fourth-order valence-corrected chi connectivity index (χ4v) is 2.52. The summed E-state index contributed by atoms with van der Waals surface area (Å²) in [6.07, 6.45) is 3.99. The normalized spacial score (nSPS) is 16.1. The van der Waals surface area contributed by atoms with Gasteiger partial charge in [0, 0.05) is 42.0 Å². The lowest BCUT2D eigenvalue weighted by Gasteiger charge is -2.23. The van der Waals surface area contributed by atoms with Crippen LogP contribution in [0.1, 0.15) is 42.1 Å². The molecule has 0 aliphatic heterocycles. The molecule has 3 rings (SSSR count). The van der Waals surface area contributed by atoms with E-state index in [0.29, 0.717) is 29.2 Å². The number of aromatic amines is 1. The summed E-state index contributed by atoms with van der Waals surface area (Å²) in [6.45, 7) is 1.79. The quantitative estimate of drug-likeness (QED) is 0.854. The molecule has 2 N–H and O–H groups in total. The summed E-state index contributed by atoms with van der Waals surface area (Å²) in [5, 5.41) is 12.1. The molecule has 0 bridgehead atoms. The fraction of sp³-hybridized carbons (Fsp3) is 0.538. The first-order valence-corrected chi connectivity index (χ1v) is 6.42. The Morgan fingerprint density at radius 2 is 2.33 bits per heavy atom. The van der Waals surface area contributed by atoms with E-state index in [0.717, 1.165) is 5.69 Å². The highest BCUT2D eigenvalue weighted by molar-refractivity contribution is 5.42. The van der Waals surface area contributed by atoms with Gasteiger partial charge in [-0.15, -0.1) is 0 Å². The number of aliphatic hydroxyl groups excluding tert-OH is 1. The lowest BCUT2D eigenvalue weighted by Crippen LogP contribution is -2.23. The van der Waals surface area contributed by atoms with Gasteiger partial charge in [0.1, 0.15) is 0 Å². The molecule has 1 aliphatic rings. The van der Waals surface area contributed by atoms with Gasteiger partial charge in [0.2, 0.25) is 0 Å². The Bertz CT molecular complexity index is 637. The minimum Gasteiger partial charge on any atom is -0.396 e. The van der Waals surface area contributed by atoms with Gasteiger partial charge in [0.15, 0.2) is 5.65 Å². The van der Waals surface area contributed by atoms with Gasteiger partial charge in [0.05, 0.1) is 0 Å². The zero-order chi connectivity index (χ0) is 12.7. The topological polar surface area (TPSA) is 70.4 Å². The smallest absolute Gasteiger partial charge is 0.276 e. The Morgan fingerprint density at radius 1 is 1.56 bits per heavy atom. The van der Waals surface area contributed by atoms with Gasteiger partial charge in [-0.25, -0.2) is 9.50 Å². The average Bonchev–Trinajstić information content (AvgIpc) is 2.65. The molecule has 2 aromatic rings. The summed E-state index contributed by atoms with van der Waals surface area (Å²) >= 11 is 0. The molecule has 0 unspecified atom stereocenters. The molecule has 5 heteroatoms. The van der Waals surface area contributed by atoms with Crippen LogP contribution < -0.4 is 5.56 Å². The van der Waals surface area contributed by atoms with Crippen LogP contribution in [-0.2, 0) is 6.42 Å². The monoisotopic (exact) mass is 247 g/mol. The van der Waals surface area contributed by atoms with Crippen molar-refractivity contribution in [3.8, 4) is 0 Å². The van der Waals surface area contributed by atoms with Gasteiger partial charge in [0.25, 0.3) is 5.56 Å². The molecule has 0 saturated heterocycles. The van der Waals surface area contributed by atoms with E-state index in [4.69, 9.17) is 5.11 Å². The van der Waals surface area contributed by atoms with Crippen molar-refractivity contribution in [2.24, 2.45) is 0 Å². The van der Waals surface area contributed by atoms with Gasteiger partial charge in [-0.1, -0.05) is 6.42 Å². The van der Waals surface area contributed by atoms with Gasteiger partial charge in [-0.3, -0.25) is 9.89 Å². The van der Waals surface area contributed by atoms with E-state index < -0.39 is 0 Å². The van der Waals surface area contributed by atoms with Crippen molar-refractivity contribution < 1.29 is 5.11 Å². The number of aromatic nitrogens is 3. The van der Waals surface area contributed by atoms with Gasteiger partial charge in [-0.05, 0) is 19.8 Å². The molecule has 2 aromatic heterocycles. The molecule has 5 nitrogen and oxygen atoms in total. The largest absolute Gasteiger partial charge is 0.396 e. The second-order valence-corrected chi connectivity index (χ2v) is 4.99. The van der Waals surface area contributed by atoms with E-state index >= 15 is 0 Å². The van der Waals surface area contributed by atoms with Gasteiger partial charge >= 0.3 is 0 Å². The lowest BCUT2D eigenvalue weighted by molar-refractivity contribution is 0.298. The van der Waals surface area contributed by atoms with E-state index in [1.54, 1.807) is 0 Å². The third kappa shape index (κ3) is 1.66.